The minimum Gasteiger partial charge on any atom is -0.365 e. The molecule has 188 valence electrons. The molecule has 8 heteroatoms. The minimum absolute atomic E-state index is 0.181. The lowest BCUT2D eigenvalue weighted by molar-refractivity contribution is -0.137. The summed E-state index contributed by atoms with van der Waals surface area (Å²) >= 11 is 0. The molecule has 36 heavy (non-hydrogen) atoms. The van der Waals surface area contributed by atoms with Gasteiger partial charge in [-0.05, 0) is 66.4 Å². The summed E-state index contributed by atoms with van der Waals surface area (Å²) in [4.78, 5) is 17.8. The number of carbonyl (C=O) groups is 1. The topological polar surface area (TPSA) is 35.6 Å². The number of carbonyl (C=O) groups excluding carboxylic acids is 1. The number of hydrogen-bond donors (Lipinski definition) is 1. The van der Waals surface area contributed by atoms with Gasteiger partial charge in [0.1, 0.15) is 5.82 Å². The van der Waals surface area contributed by atoms with E-state index in [1.165, 1.54) is 35.9 Å². The highest BCUT2D eigenvalue weighted by Crippen LogP contribution is 2.40. The number of fused-ring (bicyclic) bond motifs is 3. The first-order chi connectivity index (χ1) is 17.3. The molecule has 1 N–H and O–H groups in total. The third-order valence-electron chi connectivity index (χ3n) is 7.13. The van der Waals surface area contributed by atoms with Crippen molar-refractivity contribution in [3.05, 3.63) is 95.3 Å². The molecule has 1 fully saturated rings. The van der Waals surface area contributed by atoms with Crippen LogP contribution >= 0.6 is 0 Å². The smallest absolute Gasteiger partial charge is 0.365 e. The van der Waals surface area contributed by atoms with Crippen LogP contribution in [0.15, 0.2) is 72.8 Å². The molecule has 2 heterocycles. The number of nitrogens with one attached hydrogen (secondary N) is 1. The lowest BCUT2D eigenvalue weighted by Gasteiger charge is -2.49. The highest BCUT2D eigenvalue weighted by atomic mass is 19.4. The van der Waals surface area contributed by atoms with Crippen LogP contribution in [0.1, 0.15) is 16.7 Å². The Morgan fingerprint density at radius 2 is 1.72 bits per heavy atom. The Labute approximate surface area is 207 Å². The molecule has 0 unspecified atom stereocenters. The number of piperazine rings is 1. The number of rotatable bonds is 5. The van der Waals surface area contributed by atoms with E-state index in [9.17, 15) is 22.4 Å². The molecule has 4 nitrogen and oxygen atoms in total. The average molecular weight is 498 g/mol. The van der Waals surface area contributed by atoms with Crippen LogP contribution in [0.25, 0.3) is 0 Å². The fourth-order valence-corrected chi connectivity index (χ4v) is 5.26. The minimum atomic E-state index is -4.45. The van der Waals surface area contributed by atoms with Gasteiger partial charge in [-0.25, -0.2) is 4.39 Å². The zero-order valence-electron chi connectivity index (χ0n) is 19.6. The molecule has 2 aliphatic heterocycles. The van der Waals surface area contributed by atoms with Crippen molar-refractivity contribution in [1.29, 1.82) is 0 Å². The normalized spacial score (nSPS) is 19.9. The van der Waals surface area contributed by atoms with Crippen LogP contribution in [0.4, 0.5) is 28.9 Å². The summed E-state index contributed by atoms with van der Waals surface area (Å²) in [5, 5.41) is 2.85. The van der Waals surface area contributed by atoms with E-state index >= 15 is 0 Å². The van der Waals surface area contributed by atoms with Crippen molar-refractivity contribution in [1.82, 2.24) is 4.90 Å². The molecular formula is C28H27F4N3O. The van der Waals surface area contributed by atoms with E-state index in [1.807, 2.05) is 18.2 Å². The van der Waals surface area contributed by atoms with Gasteiger partial charge in [0.15, 0.2) is 0 Å². The van der Waals surface area contributed by atoms with Crippen LogP contribution in [-0.4, -0.2) is 43.0 Å². The second-order valence-corrected chi connectivity index (χ2v) is 9.44. The Bertz CT molecular complexity index is 1210. The third kappa shape index (κ3) is 5.23. The zero-order valence-corrected chi connectivity index (χ0v) is 19.6. The number of halogens is 4. The van der Waals surface area contributed by atoms with Crippen LogP contribution in [0, 0.1) is 11.7 Å². The van der Waals surface area contributed by atoms with Crippen LogP contribution in [0.2, 0.25) is 0 Å². The van der Waals surface area contributed by atoms with Crippen LogP contribution < -0.4 is 10.2 Å². The lowest BCUT2D eigenvalue weighted by Crippen LogP contribution is -2.60. The summed E-state index contributed by atoms with van der Waals surface area (Å²) in [5.74, 6) is -1.23. The Hall–Kier alpha value is -3.39. The second-order valence-electron chi connectivity index (χ2n) is 9.44. The van der Waals surface area contributed by atoms with Gasteiger partial charge in [0.25, 0.3) is 0 Å². The van der Waals surface area contributed by atoms with E-state index in [1.54, 1.807) is 6.07 Å². The summed E-state index contributed by atoms with van der Waals surface area (Å²) in [6.45, 7) is 2.85. The monoisotopic (exact) mass is 497 g/mol. The fourth-order valence-electron chi connectivity index (χ4n) is 5.26. The highest BCUT2D eigenvalue weighted by molar-refractivity contribution is 5.94. The number of alkyl halides is 3. The molecule has 2 atom stereocenters. The van der Waals surface area contributed by atoms with Gasteiger partial charge in [-0.2, -0.15) is 13.2 Å². The SMILES string of the molecule is O=C(Nc1ccc(F)cc1)[C@@H]1Cc2cc(C(F)(F)F)ccc2N2CCN(CCc3ccccc3)C[C@@H]12. The molecular weight excluding hydrogens is 470 g/mol. The molecule has 3 aromatic rings. The van der Waals surface area contributed by atoms with E-state index in [-0.39, 0.29) is 18.4 Å². The second kappa shape index (κ2) is 9.93. The van der Waals surface area contributed by atoms with E-state index < -0.39 is 23.5 Å². The molecule has 0 radical (unpaired) electrons. The summed E-state index contributed by atoms with van der Waals surface area (Å²) in [7, 11) is 0. The van der Waals surface area contributed by atoms with Crippen molar-refractivity contribution in [2.45, 2.75) is 25.1 Å². The first kappa shape index (κ1) is 24.3. The first-order valence-corrected chi connectivity index (χ1v) is 12.1. The number of nitrogens with zero attached hydrogens (tertiary/aromatic N) is 2. The van der Waals surface area contributed by atoms with Gasteiger partial charge >= 0.3 is 6.18 Å². The molecule has 1 saturated heterocycles. The van der Waals surface area contributed by atoms with E-state index in [4.69, 9.17) is 0 Å². The van der Waals surface area contributed by atoms with E-state index in [0.717, 1.165) is 31.3 Å². The van der Waals surface area contributed by atoms with Crippen LogP contribution in [0.3, 0.4) is 0 Å². The summed E-state index contributed by atoms with van der Waals surface area (Å²) in [6.07, 6.45) is -3.36. The van der Waals surface area contributed by atoms with Crippen molar-refractivity contribution in [3.8, 4) is 0 Å². The van der Waals surface area contributed by atoms with Gasteiger partial charge in [0.2, 0.25) is 5.91 Å². The fraction of sp³-hybridized carbons (Fsp3) is 0.321. The number of amides is 1. The Morgan fingerprint density at radius 3 is 2.44 bits per heavy atom. The molecule has 0 aliphatic carbocycles. The molecule has 0 aromatic heterocycles. The molecule has 3 aromatic carbocycles. The Kier molecular flexibility index (Phi) is 6.71. The van der Waals surface area contributed by atoms with Gasteiger partial charge in [-0.1, -0.05) is 30.3 Å². The predicted octanol–water partition coefficient (Wildman–Crippen LogP) is 5.39. The lowest BCUT2D eigenvalue weighted by atomic mass is 9.82. The maximum atomic E-state index is 13.4. The van der Waals surface area contributed by atoms with Crippen molar-refractivity contribution < 1.29 is 22.4 Å². The van der Waals surface area contributed by atoms with Crippen molar-refractivity contribution in [3.63, 3.8) is 0 Å². The summed E-state index contributed by atoms with van der Waals surface area (Å²) in [6, 6.07) is 19.3. The average Bonchev–Trinajstić information content (AvgIpc) is 2.88. The quantitative estimate of drug-likeness (QED) is 0.481. The maximum absolute atomic E-state index is 13.4. The highest BCUT2D eigenvalue weighted by Gasteiger charge is 2.42. The van der Waals surface area contributed by atoms with Gasteiger partial charge in [0, 0.05) is 37.6 Å². The largest absolute Gasteiger partial charge is 0.416 e. The zero-order chi connectivity index (χ0) is 25.3. The Balaban J connectivity index is 1.40. The van der Waals surface area contributed by atoms with E-state index in [2.05, 4.69) is 27.2 Å². The summed E-state index contributed by atoms with van der Waals surface area (Å²) in [5.41, 5.74) is 2.28. The van der Waals surface area contributed by atoms with Gasteiger partial charge in [0.05, 0.1) is 17.5 Å². The van der Waals surface area contributed by atoms with Crippen LogP contribution in [-0.2, 0) is 23.8 Å². The van der Waals surface area contributed by atoms with Gasteiger partial charge in [-0.3, -0.25) is 9.69 Å². The van der Waals surface area contributed by atoms with Gasteiger partial charge < -0.3 is 10.2 Å². The van der Waals surface area contributed by atoms with Crippen molar-refractivity contribution in [2.75, 3.05) is 36.4 Å². The number of benzene rings is 3. The van der Waals surface area contributed by atoms with E-state index in [0.29, 0.717) is 24.3 Å². The first-order valence-electron chi connectivity index (χ1n) is 12.1. The maximum Gasteiger partial charge on any atom is 0.416 e. The molecule has 0 bridgehead atoms. The van der Waals surface area contributed by atoms with Crippen molar-refractivity contribution in [2.24, 2.45) is 5.92 Å². The summed E-state index contributed by atoms with van der Waals surface area (Å²) < 4.78 is 53.6. The molecule has 2 aliphatic rings. The predicted molar refractivity (Wildman–Crippen MR) is 131 cm³/mol. The molecule has 0 saturated carbocycles. The standard InChI is InChI=1S/C28H27F4N3O/c29-22-7-9-23(10-8-22)33-27(36)24-17-20-16-21(28(30,31)32)6-11-25(20)35-15-14-34(18-26(24)35)13-12-19-4-2-1-3-5-19/h1-11,16,24,26H,12-15,17-18H2,(H,33,36)/t24-,26+/m1/s1. The molecule has 0 spiro atoms. The molecule has 5 rings (SSSR count). The number of hydrogen-bond acceptors (Lipinski definition) is 3. The van der Waals surface area contributed by atoms with Crippen LogP contribution in [0.5, 0.6) is 0 Å². The number of anilines is 2. The molecule has 1 amide bonds. The Morgan fingerprint density at radius 1 is 0.972 bits per heavy atom. The third-order valence-corrected chi connectivity index (χ3v) is 7.13. The van der Waals surface area contributed by atoms with Gasteiger partial charge in [-0.15, -0.1) is 0 Å². The van der Waals surface area contributed by atoms with Crippen molar-refractivity contribution >= 4 is 17.3 Å².